The number of hydrogen-bond acceptors (Lipinski definition) is 7. The van der Waals surface area contributed by atoms with Crippen molar-refractivity contribution in [1.82, 2.24) is 14.9 Å². The van der Waals surface area contributed by atoms with Gasteiger partial charge in [0.2, 0.25) is 5.91 Å². The van der Waals surface area contributed by atoms with Crippen molar-refractivity contribution in [2.24, 2.45) is 11.7 Å². The summed E-state index contributed by atoms with van der Waals surface area (Å²) in [6.45, 7) is 0.381. The van der Waals surface area contributed by atoms with Crippen LogP contribution < -0.4 is 14.8 Å². The highest BCUT2D eigenvalue weighted by atomic mass is 32.2. The molecule has 9 nitrogen and oxygen atoms in total. The Morgan fingerprint density at radius 3 is 2.61 bits per heavy atom. The van der Waals surface area contributed by atoms with Crippen LogP contribution in [-0.4, -0.2) is 58.4 Å². The Labute approximate surface area is 224 Å². The van der Waals surface area contributed by atoms with Crippen molar-refractivity contribution in [2.45, 2.75) is 12.6 Å². The molecule has 4 aromatic rings. The van der Waals surface area contributed by atoms with Gasteiger partial charge in [0.05, 0.1) is 28.9 Å². The Balaban J connectivity index is 1.51. The predicted octanol–water partition coefficient (Wildman–Crippen LogP) is 3.66. The predicted molar refractivity (Wildman–Crippen MR) is 147 cm³/mol. The number of carbonyl (C=O) groups is 3. The largest absolute Gasteiger partial charge is 0.489 e. The van der Waals surface area contributed by atoms with Gasteiger partial charge in [0.15, 0.2) is 5.78 Å². The number of benzene rings is 2. The Morgan fingerprint density at radius 1 is 1.13 bits per heavy atom. The summed E-state index contributed by atoms with van der Waals surface area (Å²) in [6.07, 6.45) is 3.26. The van der Waals surface area contributed by atoms with Gasteiger partial charge < -0.3 is 24.7 Å². The van der Waals surface area contributed by atoms with Gasteiger partial charge in [-0.3, -0.25) is 19.4 Å². The van der Waals surface area contributed by atoms with Crippen LogP contribution in [0.2, 0.25) is 0 Å². The fourth-order valence-electron chi connectivity index (χ4n) is 4.58. The number of nitrogens with two attached hydrogens (primary N) is 1. The highest BCUT2D eigenvalue weighted by molar-refractivity contribution is 8.01. The highest BCUT2D eigenvalue weighted by Gasteiger charge is 2.45. The molecule has 3 N–H and O–H groups in total. The molecule has 0 spiro atoms. The molecule has 0 radical (unpaired) electrons. The van der Waals surface area contributed by atoms with E-state index in [9.17, 15) is 14.4 Å². The number of primary amides is 1. The molecule has 1 fully saturated rings. The number of ether oxygens (including phenoxy) is 1. The molecule has 0 saturated carbocycles. The molecule has 2 amide bonds. The Morgan fingerprint density at radius 2 is 1.92 bits per heavy atom. The number of nitrogens with one attached hydrogen (secondary N) is 1. The normalized spacial score (nSPS) is 16.9. The standard InChI is InChI=1S/C28H27N5O4S/c1-32(2)28(36)24-23(20-11-10-19(13-22(20)31-24)37-15-17-7-4-3-5-8-17)26(34)21-16-38-33(25(21)27(29)35)18-9-6-12-30-14-18/h3-14,21,25,31H,15-16H2,1-2H3,(H2,29,35). The van der Waals surface area contributed by atoms with Crippen molar-refractivity contribution in [3.8, 4) is 5.75 Å². The maximum atomic E-state index is 14.1. The lowest BCUT2D eigenvalue weighted by atomic mass is 9.90. The molecule has 0 bridgehead atoms. The Kier molecular flexibility index (Phi) is 7.06. The molecule has 0 aliphatic carbocycles. The summed E-state index contributed by atoms with van der Waals surface area (Å²) in [6, 6.07) is 17.8. The van der Waals surface area contributed by atoms with Crippen LogP contribution in [0.15, 0.2) is 73.1 Å². The number of rotatable bonds is 8. The minimum absolute atomic E-state index is 0.170. The number of aromatic nitrogens is 2. The molecule has 1 aliphatic rings. The number of ketones is 1. The quantitative estimate of drug-likeness (QED) is 0.264. The minimum atomic E-state index is -0.891. The summed E-state index contributed by atoms with van der Waals surface area (Å²) in [7, 11) is 3.25. The number of anilines is 1. The van der Waals surface area contributed by atoms with E-state index in [4.69, 9.17) is 10.5 Å². The van der Waals surface area contributed by atoms with Crippen molar-refractivity contribution in [3.05, 3.63) is 89.9 Å². The fraction of sp³-hybridized carbons (Fsp3) is 0.214. The summed E-state index contributed by atoms with van der Waals surface area (Å²) in [5.41, 5.74) is 8.51. The maximum absolute atomic E-state index is 14.1. The zero-order valence-electron chi connectivity index (χ0n) is 21.0. The Bertz CT molecular complexity index is 1490. The van der Waals surface area contributed by atoms with E-state index in [-0.39, 0.29) is 22.9 Å². The first-order valence-electron chi connectivity index (χ1n) is 12.0. The monoisotopic (exact) mass is 529 g/mol. The molecular weight excluding hydrogens is 502 g/mol. The average Bonchev–Trinajstić information content (AvgIpc) is 3.54. The summed E-state index contributed by atoms with van der Waals surface area (Å²) >= 11 is 1.34. The van der Waals surface area contributed by atoms with Gasteiger partial charge in [0.25, 0.3) is 5.91 Å². The molecule has 2 aromatic heterocycles. The topological polar surface area (TPSA) is 122 Å². The summed E-state index contributed by atoms with van der Waals surface area (Å²) in [5, 5.41) is 0.584. The third-order valence-corrected chi connectivity index (χ3v) is 7.66. The highest BCUT2D eigenvalue weighted by Crippen LogP contribution is 2.40. The number of carbonyl (C=O) groups excluding carboxylic acids is 3. The lowest BCUT2D eigenvalue weighted by Crippen LogP contribution is -2.45. The second-order valence-electron chi connectivity index (χ2n) is 9.21. The number of amides is 2. The molecular formula is C28H27N5O4S. The van der Waals surface area contributed by atoms with Gasteiger partial charge >= 0.3 is 0 Å². The van der Waals surface area contributed by atoms with Crippen LogP contribution in [0.3, 0.4) is 0 Å². The van der Waals surface area contributed by atoms with Crippen LogP contribution in [0.25, 0.3) is 10.9 Å². The van der Waals surface area contributed by atoms with Crippen molar-refractivity contribution in [2.75, 3.05) is 24.2 Å². The lowest BCUT2D eigenvalue weighted by Gasteiger charge is -2.25. The van der Waals surface area contributed by atoms with E-state index in [0.29, 0.717) is 34.7 Å². The smallest absolute Gasteiger partial charge is 0.270 e. The van der Waals surface area contributed by atoms with Gasteiger partial charge in [-0.25, -0.2) is 0 Å². The van der Waals surface area contributed by atoms with Gasteiger partial charge in [-0.1, -0.05) is 30.3 Å². The first-order valence-corrected chi connectivity index (χ1v) is 13.0. The molecule has 1 saturated heterocycles. The molecule has 2 unspecified atom stereocenters. The van der Waals surface area contributed by atoms with E-state index in [1.54, 1.807) is 55.1 Å². The first-order chi connectivity index (χ1) is 18.3. The zero-order chi connectivity index (χ0) is 26.8. The number of nitrogens with zero attached hydrogens (tertiary/aromatic N) is 3. The molecule has 3 heterocycles. The van der Waals surface area contributed by atoms with Crippen LogP contribution in [0.1, 0.15) is 26.4 Å². The van der Waals surface area contributed by atoms with E-state index < -0.39 is 17.9 Å². The SMILES string of the molecule is CN(C)C(=O)c1[nH]c2cc(OCc3ccccc3)ccc2c1C(=O)C1CSN(c2cccnc2)C1C(N)=O. The summed E-state index contributed by atoms with van der Waals surface area (Å²) < 4.78 is 7.68. The molecule has 2 aromatic carbocycles. The second-order valence-corrected chi connectivity index (χ2v) is 10.2. The number of fused-ring (bicyclic) bond motifs is 1. The number of hydrogen-bond donors (Lipinski definition) is 2. The van der Waals surface area contributed by atoms with Crippen molar-refractivity contribution >= 4 is 46.1 Å². The van der Waals surface area contributed by atoms with Gasteiger partial charge in [-0.15, -0.1) is 0 Å². The van der Waals surface area contributed by atoms with E-state index in [2.05, 4.69) is 9.97 Å². The minimum Gasteiger partial charge on any atom is -0.489 e. The summed E-state index contributed by atoms with van der Waals surface area (Å²) in [4.78, 5) is 48.5. The molecule has 2 atom stereocenters. The van der Waals surface area contributed by atoms with E-state index >= 15 is 0 Å². The first kappa shape index (κ1) is 25.3. The molecule has 1 aliphatic heterocycles. The number of pyridine rings is 1. The summed E-state index contributed by atoms with van der Waals surface area (Å²) in [5.74, 6) is -1.10. The Hall–Kier alpha value is -4.31. The number of H-pyrrole nitrogens is 1. The third kappa shape index (κ3) is 4.82. The van der Waals surface area contributed by atoms with Gasteiger partial charge in [0, 0.05) is 37.5 Å². The van der Waals surface area contributed by atoms with Crippen LogP contribution in [0.5, 0.6) is 5.75 Å². The van der Waals surface area contributed by atoms with Crippen LogP contribution in [0.4, 0.5) is 5.69 Å². The van der Waals surface area contributed by atoms with Crippen molar-refractivity contribution < 1.29 is 19.1 Å². The molecule has 38 heavy (non-hydrogen) atoms. The van der Waals surface area contributed by atoms with Crippen LogP contribution >= 0.6 is 11.9 Å². The number of Topliss-reactive ketones (excluding diaryl/α,β-unsaturated/α-hetero) is 1. The van der Waals surface area contributed by atoms with Gasteiger partial charge in [-0.2, -0.15) is 0 Å². The van der Waals surface area contributed by atoms with Crippen LogP contribution in [-0.2, 0) is 11.4 Å². The van der Waals surface area contributed by atoms with Crippen LogP contribution in [0, 0.1) is 5.92 Å². The maximum Gasteiger partial charge on any atom is 0.270 e. The lowest BCUT2D eigenvalue weighted by molar-refractivity contribution is -0.119. The van der Waals surface area contributed by atoms with E-state index in [1.807, 2.05) is 36.4 Å². The van der Waals surface area contributed by atoms with E-state index in [0.717, 1.165) is 5.56 Å². The molecule has 5 rings (SSSR count). The average molecular weight is 530 g/mol. The molecule has 10 heteroatoms. The zero-order valence-corrected chi connectivity index (χ0v) is 21.8. The van der Waals surface area contributed by atoms with Crippen molar-refractivity contribution in [1.29, 1.82) is 0 Å². The van der Waals surface area contributed by atoms with Crippen molar-refractivity contribution in [3.63, 3.8) is 0 Å². The fourth-order valence-corrected chi connectivity index (χ4v) is 5.90. The van der Waals surface area contributed by atoms with E-state index in [1.165, 1.54) is 16.8 Å². The number of aromatic amines is 1. The second kappa shape index (κ2) is 10.6. The van der Waals surface area contributed by atoms with Gasteiger partial charge in [0.1, 0.15) is 24.1 Å². The van der Waals surface area contributed by atoms with Gasteiger partial charge in [-0.05, 0) is 41.8 Å². The third-order valence-electron chi connectivity index (χ3n) is 6.44. The molecule has 194 valence electrons.